The Morgan fingerprint density at radius 1 is 0.760 bits per heavy atom. The van der Waals surface area contributed by atoms with Crippen LogP contribution in [0.1, 0.15) is 22.8 Å². The van der Waals surface area contributed by atoms with E-state index in [2.05, 4.69) is 0 Å². The van der Waals surface area contributed by atoms with Crippen molar-refractivity contribution < 1.29 is 19.1 Å². The molecule has 0 saturated heterocycles. The Labute approximate surface area is 145 Å². The van der Waals surface area contributed by atoms with Crippen LogP contribution in [0.2, 0.25) is 0 Å². The summed E-state index contributed by atoms with van der Waals surface area (Å²) in [6.45, 7) is 1.33. The predicted molar refractivity (Wildman–Crippen MR) is 94.1 cm³/mol. The van der Waals surface area contributed by atoms with Crippen molar-refractivity contribution in [1.29, 1.82) is 0 Å². The molecular weight excluding hydrogens is 316 g/mol. The normalized spacial score (nSPS) is 10.1. The molecule has 0 aliphatic rings. The van der Waals surface area contributed by atoms with E-state index in [1.165, 1.54) is 6.92 Å². The molecule has 0 unspecified atom stereocenters. The summed E-state index contributed by atoms with van der Waals surface area (Å²) in [6.07, 6.45) is 0. The van der Waals surface area contributed by atoms with Crippen molar-refractivity contribution in [2.75, 3.05) is 0 Å². The first kappa shape index (κ1) is 16.5. The van der Waals surface area contributed by atoms with Crippen LogP contribution in [-0.4, -0.2) is 11.8 Å². The third kappa shape index (κ3) is 4.12. The van der Waals surface area contributed by atoms with E-state index < -0.39 is 5.97 Å². The Morgan fingerprint density at radius 3 is 2.20 bits per heavy atom. The van der Waals surface area contributed by atoms with E-state index in [4.69, 9.17) is 9.47 Å². The number of carbonyl (C=O) groups is 2. The minimum atomic E-state index is -0.406. The molecule has 3 rings (SSSR count). The number of esters is 1. The molecule has 0 aromatic heterocycles. The molecule has 3 aromatic rings. The summed E-state index contributed by atoms with van der Waals surface area (Å²) in [5, 5.41) is 0. The summed E-state index contributed by atoms with van der Waals surface area (Å²) in [7, 11) is 0. The van der Waals surface area contributed by atoms with Crippen molar-refractivity contribution >= 4 is 11.8 Å². The predicted octanol–water partition coefficient (Wildman–Crippen LogP) is 4.64. The van der Waals surface area contributed by atoms with Gasteiger partial charge in [-0.1, -0.05) is 48.5 Å². The number of hydrogen-bond acceptors (Lipinski definition) is 4. The topological polar surface area (TPSA) is 52.6 Å². The van der Waals surface area contributed by atoms with Gasteiger partial charge in [0.1, 0.15) is 17.2 Å². The number of ketones is 1. The standard InChI is InChI=1S/C21H16O4/c1-15(22)24-17-10-7-11-18(14-17)25-20-13-6-5-12-19(20)21(23)16-8-3-2-4-9-16/h2-14H,1H3. The Morgan fingerprint density at radius 2 is 1.44 bits per heavy atom. The maximum atomic E-state index is 12.7. The quantitative estimate of drug-likeness (QED) is 0.388. The molecule has 124 valence electrons. The zero-order valence-corrected chi connectivity index (χ0v) is 13.6. The SMILES string of the molecule is CC(=O)Oc1cccc(Oc2ccccc2C(=O)c2ccccc2)c1. The molecule has 0 fully saturated rings. The molecular formula is C21H16O4. The number of benzene rings is 3. The molecule has 0 bridgehead atoms. The van der Waals surface area contributed by atoms with Crippen LogP contribution in [0.5, 0.6) is 17.2 Å². The highest BCUT2D eigenvalue weighted by Crippen LogP contribution is 2.29. The van der Waals surface area contributed by atoms with Crippen LogP contribution >= 0.6 is 0 Å². The van der Waals surface area contributed by atoms with Gasteiger partial charge in [0.05, 0.1) is 5.56 Å². The van der Waals surface area contributed by atoms with Gasteiger partial charge in [-0.15, -0.1) is 0 Å². The van der Waals surface area contributed by atoms with Gasteiger partial charge in [-0.2, -0.15) is 0 Å². The second-order valence-corrected chi connectivity index (χ2v) is 5.36. The van der Waals surface area contributed by atoms with Gasteiger partial charge in [0.25, 0.3) is 0 Å². The zero-order valence-electron chi connectivity index (χ0n) is 13.6. The van der Waals surface area contributed by atoms with Crippen molar-refractivity contribution in [3.8, 4) is 17.2 Å². The molecule has 0 aliphatic carbocycles. The summed E-state index contributed by atoms with van der Waals surface area (Å²) in [5.74, 6) is 0.782. The van der Waals surface area contributed by atoms with Crippen LogP contribution < -0.4 is 9.47 Å². The van der Waals surface area contributed by atoms with E-state index in [1.54, 1.807) is 60.7 Å². The fourth-order valence-corrected chi connectivity index (χ4v) is 2.38. The van der Waals surface area contributed by atoms with Gasteiger partial charge >= 0.3 is 5.97 Å². The lowest BCUT2D eigenvalue weighted by molar-refractivity contribution is -0.131. The molecule has 0 heterocycles. The maximum absolute atomic E-state index is 12.7. The molecule has 3 aromatic carbocycles. The number of hydrogen-bond donors (Lipinski definition) is 0. The van der Waals surface area contributed by atoms with E-state index in [-0.39, 0.29) is 5.78 Å². The Balaban J connectivity index is 1.89. The third-order valence-corrected chi connectivity index (χ3v) is 3.46. The number of para-hydroxylation sites is 1. The molecule has 25 heavy (non-hydrogen) atoms. The lowest BCUT2D eigenvalue weighted by Crippen LogP contribution is -2.04. The monoisotopic (exact) mass is 332 g/mol. The van der Waals surface area contributed by atoms with Gasteiger partial charge < -0.3 is 9.47 Å². The molecule has 0 saturated carbocycles. The van der Waals surface area contributed by atoms with Crippen molar-refractivity contribution in [2.45, 2.75) is 6.92 Å². The number of rotatable bonds is 5. The Hall–Kier alpha value is -3.40. The summed E-state index contributed by atoms with van der Waals surface area (Å²) in [6, 6.07) is 22.8. The molecule has 0 N–H and O–H groups in total. The maximum Gasteiger partial charge on any atom is 0.308 e. The van der Waals surface area contributed by atoms with E-state index in [0.717, 1.165) is 0 Å². The summed E-state index contributed by atoms with van der Waals surface area (Å²) < 4.78 is 10.9. The molecule has 0 radical (unpaired) electrons. The first-order valence-corrected chi connectivity index (χ1v) is 7.78. The molecule has 4 nitrogen and oxygen atoms in total. The number of carbonyl (C=O) groups excluding carboxylic acids is 2. The first-order chi connectivity index (χ1) is 12.1. The van der Waals surface area contributed by atoms with Gasteiger partial charge in [-0.3, -0.25) is 9.59 Å². The fraction of sp³-hybridized carbons (Fsp3) is 0.0476. The Kier molecular flexibility index (Phi) is 4.90. The number of ether oxygens (including phenoxy) is 2. The van der Waals surface area contributed by atoms with Gasteiger partial charge in [0.15, 0.2) is 5.78 Å². The minimum Gasteiger partial charge on any atom is -0.456 e. The average Bonchev–Trinajstić information content (AvgIpc) is 2.62. The van der Waals surface area contributed by atoms with Gasteiger partial charge in [-0.05, 0) is 24.3 Å². The highest BCUT2D eigenvalue weighted by molar-refractivity contribution is 6.10. The molecule has 0 atom stereocenters. The van der Waals surface area contributed by atoms with Gasteiger partial charge in [0.2, 0.25) is 0 Å². The van der Waals surface area contributed by atoms with E-state index in [1.807, 2.05) is 18.2 Å². The minimum absolute atomic E-state index is 0.118. The third-order valence-electron chi connectivity index (χ3n) is 3.46. The first-order valence-electron chi connectivity index (χ1n) is 7.78. The molecule has 0 aliphatic heterocycles. The van der Waals surface area contributed by atoms with Crippen LogP contribution in [-0.2, 0) is 4.79 Å². The second kappa shape index (κ2) is 7.45. The van der Waals surface area contributed by atoms with Gasteiger partial charge in [0, 0.05) is 18.6 Å². The lowest BCUT2D eigenvalue weighted by Gasteiger charge is -2.11. The van der Waals surface area contributed by atoms with Gasteiger partial charge in [-0.25, -0.2) is 0 Å². The van der Waals surface area contributed by atoms with Crippen LogP contribution in [0.4, 0.5) is 0 Å². The molecule has 0 amide bonds. The summed E-state index contributed by atoms with van der Waals surface area (Å²) >= 11 is 0. The fourth-order valence-electron chi connectivity index (χ4n) is 2.38. The molecule has 4 heteroatoms. The Bertz CT molecular complexity index is 901. The summed E-state index contributed by atoms with van der Waals surface area (Å²) in [4.78, 5) is 23.8. The van der Waals surface area contributed by atoms with Crippen molar-refractivity contribution in [2.24, 2.45) is 0 Å². The van der Waals surface area contributed by atoms with Crippen LogP contribution in [0.25, 0.3) is 0 Å². The summed E-state index contributed by atoms with van der Waals surface area (Å²) in [5.41, 5.74) is 1.05. The van der Waals surface area contributed by atoms with Crippen molar-refractivity contribution in [3.63, 3.8) is 0 Å². The second-order valence-electron chi connectivity index (χ2n) is 5.36. The van der Waals surface area contributed by atoms with E-state index in [9.17, 15) is 9.59 Å². The van der Waals surface area contributed by atoms with Crippen LogP contribution in [0.15, 0.2) is 78.9 Å². The van der Waals surface area contributed by atoms with Crippen molar-refractivity contribution in [1.82, 2.24) is 0 Å². The zero-order chi connectivity index (χ0) is 17.6. The molecule has 0 spiro atoms. The van der Waals surface area contributed by atoms with Crippen LogP contribution in [0.3, 0.4) is 0 Å². The average molecular weight is 332 g/mol. The lowest BCUT2D eigenvalue weighted by atomic mass is 10.0. The largest absolute Gasteiger partial charge is 0.456 e. The van der Waals surface area contributed by atoms with Crippen LogP contribution in [0, 0.1) is 0 Å². The van der Waals surface area contributed by atoms with Crippen molar-refractivity contribution in [3.05, 3.63) is 90.0 Å². The van der Waals surface area contributed by atoms with E-state index >= 15 is 0 Å². The highest BCUT2D eigenvalue weighted by atomic mass is 16.5. The smallest absolute Gasteiger partial charge is 0.308 e. The highest BCUT2D eigenvalue weighted by Gasteiger charge is 2.14. The van der Waals surface area contributed by atoms with E-state index in [0.29, 0.717) is 28.4 Å².